The van der Waals surface area contributed by atoms with Gasteiger partial charge in [-0.3, -0.25) is 14.5 Å². The molecule has 1 aliphatic rings. The van der Waals surface area contributed by atoms with E-state index in [9.17, 15) is 14.4 Å². The predicted octanol–water partition coefficient (Wildman–Crippen LogP) is 3.67. The Morgan fingerprint density at radius 3 is 2.52 bits per heavy atom. The van der Waals surface area contributed by atoms with Crippen LogP contribution in [0.5, 0.6) is 0 Å². The smallest absolute Gasteiger partial charge is 0.340 e. The van der Waals surface area contributed by atoms with Crippen LogP contribution in [-0.4, -0.2) is 29.4 Å². The van der Waals surface area contributed by atoms with Crippen molar-refractivity contribution in [1.82, 2.24) is 0 Å². The first-order chi connectivity index (χ1) is 12.6. The van der Waals surface area contributed by atoms with Gasteiger partial charge >= 0.3 is 5.97 Å². The van der Waals surface area contributed by atoms with Gasteiger partial charge in [0.2, 0.25) is 5.91 Å². The normalized spacial score (nSPS) is 16.3. The van der Waals surface area contributed by atoms with Crippen LogP contribution in [0.1, 0.15) is 40.9 Å². The summed E-state index contributed by atoms with van der Waals surface area (Å²) in [6, 6.07) is 8.82. The van der Waals surface area contributed by atoms with Crippen molar-refractivity contribution in [3.63, 3.8) is 0 Å². The van der Waals surface area contributed by atoms with E-state index in [2.05, 4.69) is 5.32 Å². The summed E-state index contributed by atoms with van der Waals surface area (Å²) in [6.45, 7) is 8.61. The molecule has 1 atom stereocenters. The maximum Gasteiger partial charge on any atom is 0.340 e. The molecule has 0 spiro atoms. The van der Waals surface area contributed by atoms with Crippen molar-refractivity contribution in [2.75, 3.05) is 10.2 Å². The Morgan fingerprint density at radius 1 is 1.22 bits per heavy atom. The number of hydrogen-bond donors (Lipinski definition) is 1. The van der Waals surface area contributed by atoms with Gasteiger partial charge in [0.25, 0.3) is 5.91 Å². The molecule has 3 rings (SSSR count). The van der Waals surface area contributed by atoms with Crippen LogP contribution in [0.3, 0.4) is 0 Å². The van der Waals surface area contributed by atoms with Gasteiger partial charge in [0.05, 0.1) is 16.9 Å². The summed E-state index contributed by atoms with van der Waals surface area (Å²) in [5, 5.41) is 2.81. The Bertz CT molecular complexity index is 932. The zero-order valence-electron chi connectivity index (χ0n) is 16.0. The van der Waals surface area contributed by atoms with Crippen LogP contribution in [0.4, 0.5) is 11.4 Å². The first-order valence-electron chi connectivity index (χ1n) is 8.65. The van der Waals surface area contributed by atoms with E-state index < -0.39 is 23.5 Å². The molecule has 1 N–H and O–H groups in total. The number of benzene rings is 1. The molecule has 0 fully saturated rings. The third kappa shape index (κ3) is 3.35. The Morgan fingerprint density at radius 2 is 1.89 bits per heavy atom. The van der Waals surface area contributed by atoms with Gasteiger partial charge in [0, 0.05) is 9.75 Å². The lowest BCUT2D eigenvalue weighted by molar-refractivity contribution is -0.131. The average Bonchev–Trinajstić information content (AvgIpc) is 2.93. The molecule has 1 aliphatic heterocycles. The Kier molecular flexibility index (Phi) is 4.82. The lowest BCUT2D eigenvalue weighted by Gasteiger charge is -2.42. The number of aryl methyl sites for hydroxylation is 2. The van der Waals surface area contributed by atoms with Crippen LogP contribution >= 0.6 is 11.3 Å². The van der Waals surface area contributed by atoms with Gasteiger partial charge in [-0.2, -0.15) is 0 Å². The van der Waals surface area contributed by atoms with Gasteiger partial charge in [-0.25, -0.2) is 4.79 Å². The fourth-order valence-electron chi connectivity index (χ4n) is 3.14. The number of esters is 1. The van der Waals surface area contributed by atoms with Crippen molar-refractivity contribution in [2.45, 2.75) is 46.3 Å². The molecule has 2 heterocycles. The van der Waals surface area contributed by atoms with Gasteiger partial charge in [0.1, 0.15) is 5.54 Å². The van der Waals surface area contributed by atoms with E-state index in [1.807, 2.05) is 13.8 Å². The van der Waals surface area contributed by atoms with Crippen LogP contribution in [0, 0.1) is 13.8 Å². The van der Waals surface area contributed by atoms with Crippen molar-refractivity contribution in [3.05, 3.63) is 45.6 Å². The first kappa shape index (κ1) is 19.1. The number of thiophene rings is 1. The van der Waals surface area contributed by atoms with Crippen molar-refractivity contribution in [1.29, 1.82) is 0 Å². The molecule has 6 nitrogen and oxygen atoms in total. The minimum Gasteiger partial charge on any atom is -0.449 e. The van der Waals surface area contributed by atoms with Crippen molar-refractivity contribution in [3.8, 4) is 0 Å². The molecule has 0 bridgehead atoms. The highest BCUT2D eigenvalue weighted by Gasteiger charge is 2.45. The second kappa shape index (κ2) is 6.81. The highest BCUT2D eigenvalue weighted by atomic mass is 32.1. The molecule has 0 saturated carbocycles. The van der Waals surface area contributed by atoms with Gasteiger partial charge in [-0.05, 0) is 52.8 Å². The van der Waals surface area contributed by atoms with Crippen LogP contribution in [0.15, 0.2) is 30.3 Å². The monoisotopic (exact) mass is 386 g/mol. The minimum atomic E-state index is -1.11. The molecule has 0 aliphatic carbocycles. The molecule has 0 unspecified atom stereocenters. The molecule has 2 aromatic rings. The molecule has 0 saturated heterocycles. The largest absolute Gasteiger partial charge is 0.449 e. The number of carbonyl (C=O) groups is 3. The van der Waals surface area contributed by atoms with Gasteiger partial charge in [0.15, 0.2) is 6.10 Å². The lowest BCUT2D eigenvalue weighted by Crippen LogP contribution is -2.60. The lowest BCUT2D eigenvalue weighted by atomic mass is 9.95. The molecule has 7 heteroatoms. The third-order valence-corrected chi connectivity index (χ3v) is 5.59. The van der Waals surface area contributed by atoms with E-state index in [-0.39, 0.29) is 5.91 Å². The maximum atomic E-state index is 13.2. The molecule has 1 aromatic heterocycles. The summed E-state index contributed by atoms with van der Waals surface area (Å²) in [5.74, 6) is -1.28. The highest BCUT2D eigenvalue weighted by molar-refractivity contribution is 7.12. The van der Waals surface area contributed by atoms with Crippen molar-refractivity contribution >= 4 is 40.5 Å². The minimum absolute atomic E-state index is 0.294. The van der Waals surface area contributed by atoms with Gasteiger partial charge < -0.3 is 10.1 Å². The molecule has 1 aromatic carbocycles. The highest BCUT2D eigenvalue weighted by Crippen LogP contribution is 2.37. The van der Waals surface area contributed by atoms with Gasteiger partial charge in [-0.1, -0.05) is 12.1 Å². The molecule has 2 amide bonds. The van der Waals surface area contributed by atoms with E-state index >= 15 is 0 Å². The van der Waals surface area contributed by atoms with E-state index in [4.69, 9.17) is 4.74 Å². The number of anilines is 2. The predicted molar refractivity (Wildman–Crippen MR) is 105 cm³/mol. The zero-order chi connectivity index (χ0) is 19.9. The van der Waals surface area contributed by atoms with E-state index in [1.54, 1.807) is 44.2 Å². The molecule has 142 valence electrons. The topological polar surface area (TPSA) is 75.7 Å². The first-order valence-corrected chi connectivity index (χ1v) is 9.47. The maximum absolute atomic E-state index is 13.2. The number of rotatable bonds is 3. The van der Waals surface area contributed by atoms with E-state index in [0.717, 1.165) is 9.75 Å². The van der Waals surface area contributed by atoms with E-state index in [0.29, 0.717) is 16.9 Å². The quantitative estimate of drug-likeness (QED) is 0.817. The number of carbonyl (C=O) groups excluding carboxylic acids is 3. The number of nitrogens with one attached hydrogen (secondary N) is 1. The number of fused-ring (bicyclic) bond motifs is 1. The summed E-state index contributed by atoms with van der Waals surface area (Å²) in [6.07, 6.45) is -1.03. The fourth-order valence-corrected chi connectivity index (χ4v) is 4.05. The standard InChI is InChI=1S/C20H22N2O4S/c1-11-10-14(13(3)27-11)18(24)26-12(2)17(23)22-16-9-7-6-8-15(16)21-19(25)20(22,4)5/h6-10,12H,1-5H3,(H,21,25)/t12-/m1/s1. The average molecular weight is 386 g/mol. The van der Waals surface area contributed by atoms with Gasteiger partial charge in [-0.15, -0.1) is 11.3 Å². The van der Waals surface area contributed by atoms with Crippen LogP contribution in [-0.2, 0) is 14.3 Å². The summed E-state index contributed by atoms with van der Waals surface area (Å²) < 4.78 is 5.43. The fraction of sp³-hybridized carbons (Fsp3) is 0.350. The van der Waals surface area contributed by atoms with Crippen molar-refractivity contribution in [2.24, 2.45) is 0 Å². The zero-order valence-corrected chi connectivity index (χ0v) is 16.8. The molecule has 0 radical (unpaired) electrons. The number of para-hydroxylation sites is 2. The van der Waals surface area contributed by atoms with Crippen LogP contribution < -0.4 is 10.2 Å². The summed E-state index contributed by atoms with van der Waals surface area (Å²) in [5.41, 5.74) is 0.491. The van der Waals surface area contributed by atoms with Crippen molar-refractivity contribution < 1.29 is 19.1 Å². The second-order valence-electron chi connectivity index (χ2n) is 7.08. The SMILES string of the molecule is Cc1cc(C(=O)O[C@H](C)C(=O)N2c3ccccc3NC(=O)C2(C)C)c(C)s1. The third-order valence-electron chi connectivity index (χ3n) is 4.62. The number of amides is 2. The second-order valence-corrected chi connectivity index (χ2v) is 8.54. The summed E-state index contributed by atoms with van der Waals surface area (Å²) >= 11 is 1.50. The number of nitrogens with zero attached hydrogens (tertiary/aromatic N) is 1. The number of ether oxygens (including phenoxy) is 1. The summed E-state index contributed by atoms with van der Waals surface area (Å²) in [4.78, 5) is 41.4. The number of hydrogen-bond acceptors (Lipinski definition) is 5. The van der Waals surface area contributed by atoms with Crippen LogP contribution in [0.2, 0.25) is 0 Å². The Labute approximate surface area is 162 Å². The Hall–Kier alpha value is -2.67. The molecular formula is C20H22N2O4S. The molecule has 27 heavy (non-hydrogen) atoms. The Balaban J connectivity index is 1.88. The van der Waals surface area contributed by atoms with E-state index in [1.165, 1.54) is 23.2 Å². The summed E-state index contributed by atoms with van der Waals surface area (Å²) in [7, 11) is 0. The molecular weight excluding hydrogens is 364 g/mol. The van der Waals surface area contributed by atoms with Crippen LogP contribution in [0.25, 0.3) is 0 Å².